The number of halogens is 3. The van der Waals surface area contributed by atoms with Gasteiger partial charge in [0.15, 0.2) is 5.84 Å². The molecule has 0 aromatic heterocycles. The molecule has 0 saturated carbocycles. The molecule has 0 fully saturated rings. The lowest BCUT2D eigenvalue weighted by molar-refractivity contribution is -0.155. The van der Waals surface area contributed by atoms with Crippen molar-refractivity contribution in [1.82, 2.24) is 10.6 Å². The van der Waals surface area contributed by atoms with Crippen molar-refractivity contribution in [2.45, 2.75) is 39.0 Å². The van der Waals surface area contributed by atoms with Crippen LogP contribution in [-0.4, -0.2) is 41.8 Å². The fraction of sp³-hybridized carbons (Fsp3) is 0.800. The maximum Gasteiger partial charge on any atom is 0.400 e. The number of amidine groups is 1. The molecule has 6 nitrogen and oxygen atoms in total. The normalized spacial score (nSPS) is 16.3. The van der Waals surface area contributed by atoms with E-state index in [0.717, 1.165) is 0 Å². The first-order valence-corrected chi connectivity index (χ1v) is 5.67. The summed E-state index contributed by atoms with van der Waals surface area (Å²) in [6.07, 6.45) is -4.66. The summed E-state index contributed by atoms with van der Waals surface area (Å²) in [6, 6.07) is -0.932. The smallest absolute Gasteiger partial charge is 0.400 e. The largest absolute Gasteiger partial charge is 0.409 e. The Morgan fingerprint density at radius 2 is 1.89 bits per heavy atom. The Kier molecular flexibility index (Phi) is 6.60. The van der Waals surface area contributed by atoms with Crippen molar-refractivity contribution in [2.24, 2.45) is 16.8 Å². The molecule has 5 N–H and O–H groups in total. The van der Waals surface area contributed by atoms with Crippen LogP contribution in [0.3, 0.4) is 0 Å². The highest BCUT2D eigenvalue weighted by Crippen LogP contribution is 2.25. The highest BCUT2D eigenvalue weighted by atomic mass is 19.4. The molecule has 0 spiro atoms. The Morgan fingerprint density at radius 3 is 2.26 bits per heavy atom. The molecule has 0 saturated heterocycles. The molecule has 2 atom stereocenters. The summed E-state index contributed by atoms with van der Waals surface area (Å²) in [4.78, 5) is 11.5. The Labute approximate surface area is 109 Å². The summed E-state index contributed by atoms with van der Waals surface area (Å²) in [7, 11) is 0. The van der Waals surface area contributed by atoms with E-state index < -0.39 is 36.4 Å². The van der Waals surface area contributed by atoms with Crippen molar-refractivity contribution in [2.75, 3.05) is 6.54 Å². The summed E-state index contributed by atoms with van der Waals surface area (Å²) in [5, 5.41) is 15.6. The third-order valence-corrected chi connectivity index (χ3v) is 2.32. The Morgan fingerprint density at radius 1 is 1.37 bits per heavy atom. The Balaban J connectivity index is 4.53. The standard InChI is InChI=1S/C10H19F3N4O2/c1-5(2)16-9(18)6(3)15-4-7(8(14)17-19)10(11,12)13/h5-7,15,19H,4H2,1-3H3,(H2,14,17)(H,16,18). The second kappa shape index (κ2) is 7.17. The summed E-state index contributed by atoms with van der Waals surface area (Å²) >= 11 is 0. The number of nitrogens with zero attached hydrogens (tertiary/aromatic N) is 1. The van der Waals surface area contributed by atoms with Gasteiger partial charge in [-0.2, -0.15) is 13.2 Å². The third-order valence-electron chi connectivity index (χ3n) is 2.32. The molecule has 0 aliphatic carbocycles. The van der Waals surface area contributed by atoms with E-state index in [9.17, 15) is 18.0 Å². The van der Waals surface area contributed by atoms with Gasteiger partial charge in [0.2, 0.25) is 5.91 Å². The molecule has 19 heavy (non-hydrogen) atoms. The molecule has 112 valence electrons. The minimum atomic E-state index is -4.66. The summed E-state index contributed by atoms with van der Waals surface area (Å²) in [6.45, 7) is 4.25. The van der Waals surface area contributed by atoms with E-state index in [2.05, 4.69) is 15.8 Å². The fourth-order valence-corrected chi connectivity index (χ4v) is 1.25. The first kappa shape index (κ1) is 17.5. The van der Waals surface area contributed by atoms with Crippen molar-refractivity contribution in [1.29, 1.82) is 0 Å². The number of hydrogen-bond donors (Lipinski definition) is 4. The third kappa shape index (κ3) is 6.27. The van der Waals surface area contributed by atoms with E-state index in [4.69, 9.17) is 10.9 Å². The number of carbonyl (C=O) groups excluding carboxylic acids is 1. The number of rotatable bonds is 6. The Bertz CT molecular complexity index is 331. The summed E-state index contributed by atoms with van der Waals surface area (Å²) in [5.74, 6) is -3.52. The predicted molar refractivity (Wildman–Crippen MR) is 63.7 cm³/mol. The zero-order valence-electron chi connectivity index (χ0n) is 11.0. The molecule has 0 bridgehead atoms. The molecular weight excluding hydrogens is 265 g/mol. The van der Waals surface area contributed by atoms with Crippen molar-refractivity contribution in [3.63, 3.8) is 0 Å². The maximum absolute atomic E-state index is 12.6. The van der Waals surface area contributed by atoms with Crippen LogP contribution in [0.5, 0.6) is 0 Å². The van der Waals surface area contributed by atoms with Gasteiger partial charge in [-0.3, -0.25) is 4.79 Å². The lowest BCUT2D eigenvalue weighted by Crippen LogP contribution is -2.50. The molecule has 0 aromatic carbocycles. The van der Waals surface area contributed by atoms with Crippen LogP contribution in [0.15, 0.2) is 5.16 Å². The van der Waals surface area contributed by atoms with E-state index >= 15 is 0 Å². The van der Waals surface area contributed by atoms with Gasteiger partial charge in [-0.05, 0) is 20.8 Å². The van der Waals surface area contributed by atoms with Crippen LogP contribution in [0.2, 0.25) is 0 Å². The lowest BCUT2D eigenvalue weighted by atomic mass is 10.1. The highest BCUT2D eigenvalue weighted by molar-refractivity contribution is 5.84. The van der Waals surface area contributed by atoms with Gasteiger partial charge in [-0.1, -0.05) is 5.16 Å². The quantitative estimate of drug-likeness (QED) is 0.246. The van der Waals surface area contributed by atoms with Crippen LogP contribution in [-0.2, 0) is 4.79 Å². The number of oxime groups is 1. The van der Waals surface area contributed by atoms with Crippen LogP contribution in [0, 0.1) is 5.92 Å². The van der Waals surface area contributed by atoms with Gasteiger partial charge in [-0.25, -0.2) is 0 Å². The highest BCUT2D eigenvalue weighted by Gasteiger charge is 2.42. The van der Waals surface area contributed by atoms with E-state index in [1.165, 1.54) is 6.92 Å². The minimum absolute atomic E-state index is 0.112. The molecular formula is C10H19F3N4O2. The molecule has 0 aliphatic heterocycles. The molecule has 1 amide bonds. The van der Waals surface area contributed by atoms with Crippen molar-refractivity contribution in [3.8, 4) is 0 Å². The van der Waals surface area contributed by atoms with Gasteiger partial charge < -0.3 is 21.6 Å². The van der Waals surface area contributed by atoms with Gasteiger partial charge in [0.25, 0.3) is 0 Å². The molecule has 0 aromatic rings. The first-order chi connectivity index (χ1) is 8.59. The zero-order valence-corrected chi connectivity index (χ0v) is 11.0. The molecule has 0 aliphatic rings. The zero-order chi connectivity index (χ0) is 15.2. The fourth-order valence-electron chi connectivity index (χ4n) is 1.25. The van der Waals surface area contributed by atoms with Gasteiger partial charge in [-0.15, -0.1) is 0 Å². The van der Waals surface area contributed by atoms with Crippen LogP contribution in [0.25, 0.3) is 0 Å². The first-order valence-electron chi connectivity index (χ1n) is 5.67. The van der Waals surface area contributed by atoms with E-state index in [0.29, 0.717) is 0 Å². The van der Waals surface area contributed by atoms with Crippen LogP contribution >= 0.6 is 0 Å². The van der Waals surface area contributed by atoms with E-state index in [-0.39, 0.29) is 6.04 Å². The number of hydrogen-bond acceptors (Lipinski definition) is 4. The van der Waals surface area contributed by atoms with Gasteiger partial charge in [0.05, 0.1) is 6.04 Å². The monoisotopic (exact) mass is 284 g/mol. The number of carbonyl (C=O) groups is 1. The maximum atomic E-state index is 12.6. The van der Waals surface area contributed by atoms with Crippen LogP contribution in [0.4, 0.5) is 13.2 Å². The summed E-state index contributed by atoms with van der Waals surface area (Å²) in [5.41, 5.74) is 4.99. The topological polar surface area (TPSA) is 99.7 Å². The predicted octanol–water partition coefficient (Wildman–Crippen LogP) is 0.414. The van der Waals surface area contributed by atoms with E-state index in [1.54, 1.807) is 13.8 Å². The minimum Gasteiger partial charge on any atom is -0.409 e. The number of nitrogens with one attached hydrogen (secondary N) is 2. The molecule has 0 rings (SSSR count). The second-order valence-electron chi connectivity index (χ2n) is 4.41. The second-order valence-corrected chi connectivity index (χ2v) is 4.41. The molecule has 2 unspecified atom stereocenters. The average molecular weight is 284 g/mol. The average Bonchev–Trinajstić information content (AvgIpc) is 2.25. The Hall–Kier alpha value is -1.51. The summed E-state index contributed by atoms with van der Waals surface area (Å²) < 4.78 is 37.8. The number of nitrogens with two attached hydrogens (primary N) is 1. The lowest BCUT2D eigenvalue weighted by Gasteiger charge is -2.22. The van der Waals surface area contributed by atoms with Gasteiger partial charge in [0.1, 0.15) is 5.92 Å². The molecule has 0 radical (unpaired) electrons. The van der Waals surface area contributed by atoms with Gasteiger partial charge >= 0.3 is 6.18 Å². The van der Waals surface area contributed by atoms with Gasteiger partial charge in [0, 0.05) is 12.6 Å². The van der Waals surface area contributed by atoms with Crippen molar-refractivity contribution >= 4 is 11.7 Å². The number of amides is 1. The van der Waals surface area contributed by atoms with E-state index in [1.807, 2.05) is 0 Å². The number of alkyl halides is 3. The SMILES string of the molecule is CC(C)NC(=O)C(C)NCC(C(N)=NO)C(F)(F)F. The van der Waals surface area contributed by atoms with Crippen molar-refractivity contribution < 1.29 is 23.2 Å². The van der Waals surface area contributed by atoms with Crippen molar-refractivity contribution in [3.05, 3.63) is 0 Å². The molecule has 9 heteroatoms. The molecule has 0 heterocycles. The van der Waals surface area contributed by atoms with Crippen LogP contribution in [0.1, 0.15) is 20.8 Å². The van der Waals surface area contributed by atoms with Crippen LogP contribution < -0.4 is 16.4 Å².